The van der Waals surface area contributed by atoms with E-state index in [4.69, 9.17) is 23.2 Å². The molecule has 0 heterocycles. The Morgan fingerprint density at radius 1 is 1.05 bits per heavy atom. The summed E-state index contributed by atoms with van der Waals surface area (Å²) in [5.74, 6) is 0. The molecule has 1 N–H and O–H groups in total. The van der Waals surface area contributed by atoms with Crippen molar-refractivity contribution in [2.24, 2.45) is 0 Å². The lowest BCUT2D eigenvalue weighted by atomic mass is 9.88. The first kappa shape index (κ1) is 15.8. The lowest BCUT2D eigenvalue weighted by Gasteiger charge is -2.26. The van der Waals surface area contributed by atoms with Gasteiger partial charge in [-0.15, -0.1) is 0 Å². The largest absolute Gasteiger partial charge is 0.241 e. The molecule has 0 radical (unpaired) electrons. The Hall–Kier alpha value is -1.07. The second-order valence-electron chi connectivity index (χ2n) is 5.34. The van der Waals surface area contributed by atoms with Crippen LogP contribution in [0.2, 0.25) is 10.0 Å². The van der Waals surface area contributed by atoms with Gasteiger partial charge < -0.3 is 0 Å². The van der Waals surface area contributed by atoms with Crippen LogP contribution in [0.15, 0.2) is 47.4 Å². The van der Waals surface area contributed by atoms with Gasteiger partial charge in [0.05, 0.1) is 14.9 Å². The average Bonchev–Trinajstić information content (AvgIpc) is 2.50. The molecule has 0 saturated carbocycles. The Bertz CT molecular complexity index is 806. The number of sulfonamides is 1. The van der Waals surface area contributed by atoms with Gasteiger partial charge >= 0.3 is 0 Å². The van der Waals surface area contributed by atoms with E-state index in [0.29, 0.717) is 5.02 Å². The monoisotopic (exact) mass is 355 g/mol. The molecule has 0 fully saturated rings. The van der Waals surface area contributed by atoms with E-state index in [-0.39, 0.29) is 16.0 Å². The minimum atomic E-state index is -3.63. The summed E-state index contributed by atoms with van der Waals surface area (Å²) in [6.45, 7) is 0. The van der Waals surface area contributed by atoms with Crippen molar-refractivity contribution in [1.29, 1.82) is 0 Å². The van der Waals surface area contributed by atoms with Crippen molar-refractivity contribution in [1.82, 2.24) is 4.72 Å². The van der Waals surface area contributed by atoms with E-state index in [1.807, 2.05) is 18.2 Å². The van der Waals surface area contributed by atoms with Gasteiger partial charge in [0.1, 0.15) is 0 Å². The van der Waals surface area contributed by atoms with Gasteiger partial charge in [-0.05, 0) is 48.6 Å². The zero-order chi connectivity index (χ0) is 15.7. The SMILES string of the molecule is O=S(=O)(N[C@H]1CCCc2ccccc21)c1ccc(Cl)c(Cl)c1. The Kier molecular flexibility index (Phi) is 4.46. The van der Waals surface area contributed by atoms with E-state index < -0.39 is 10.0 Å². The van der Waals surface area contributed by atoms with Crippen LogP contribution in [0.25, 0.3) is 0 Å². The van der Waals surface area contributed by atoms with Crippen molar-refractivity contribution in [3.63, 3.8) is 0 Å². The van der Waals surface area contributed by atoms with Gasteiger partial charge in [-0.3, -0.25) is 0 Å². The van der Waals surface area contributed by atoms with Crippen LogP contribution in [0.5, 0.6) is 0 Å². The van der Waals surface area contributed by atoms with Crippen molar-refractivity contribution in [2.75, 3.05) is 0 Å². The minimum Gasteiger partial charge on any atom is -0.207 e. The molecular formula is C16H15Cl2NO2S. The topological polar surface area (TPSA) is 46.2 Å². The van der Waals surface area contributed by atoms with E-state index in [1.165, 1.54) is 23.8 Å². The van der Waals surface area contributed by atoms with Crippen molar-refractivity contribution >= 4 is 33.2 Å². The molecule has 2 aromatic carbocycles. The van der Waals surface area contributed by atoms with Crippen LogP contribution in [0.3, 0.4) is 0 Å². The summed E-state index contributed by atoms with van der Waals surface area (Å²) in [6.07, 6.45) is 2.74. The maximum atomic E-state index is 12.6. The highest BCUT2D eigenvalue weighted by Gasteiger charge is 2.25. The fourth-order valence-corrected chi connectivity index (χ4v) is 4.41. The third-order valence-corrected chi connectivity index (χ3v) is 6.08. The van der Waals surface area contributed by atoms with E-state index in [9.17, 15) is 8.42 Å². The van der Waals surface area contributed by atoms with Crippen LogP contribution in [0, 0.1) is 0 Å². The van der Waals surface area contributed by atoms with Crippen molar-refractivity contribution in [2.45, 2.75) is 30.2 Å². The molecule has 3 nitrogen and oxygen atoms in total. The zero-order valence-electron chi connectivity index (χ0n) is 11.7. The molecular weight excluding hydrogens is 341 g/mol. The minimum absolute atomic E-state index is 0.130. The molecule has 1 aliphatic carbocycles. The number of benzene rings is 2. The van der Waals surface area contributed by atoms with Crippen LogP contribution in [-0.2, 0) is 16.4 Å². The average molecular weight is 356 g/mol. The first-order chi connectivity index (χ1) is 10.5. The quantitative estimate of drug-likeness (QED) is 0.889. The van der Waals surface area contributed by atoms with Gasteiger partial charge in [-0.1, -0.05) is 47.5 Å². The molecule has 0 saturated heterocycles. The Balaban J connectivity index is 1.91. The van der Waals surface area contributed by atoms with Crippen molar-refractivity contribution in [3.05, 3.63) is 63.6 Å². The van der Waals surface area contributed by atoms with E-state index in [2.05, 4.69) is 10.8 Å². The van der Waals surface area contributed by atoms with E-state index in [1.54, 1.807) is 0 Å². The van der Waals surface area contributed by atoms with Crippen molar-refractivity contribution in [3.8, 4) is 0 Å². The maximum Gasteiger partial charge on any atom is 0.241 e. The Morgan fingerprint density at radius 2 is 1.82 bits per heavy atom. The summed E-state index contributed by atoms with van der Waals surface area (Å²) in [6, 6.07) is 12.1. The highest BCUT2D eigenvalue weighted by atomic mass is 35.5. The third-order valence-electron chi connectivity index (χ3n) is 3.87. The summed E-state index contributed by atoms with van der Waals surface area (Å²) < 4.78 is 27.9. The normalized spacial score (nSPS) is 18.0. The standard InChI is InChI=1S/C16H15Cl2NO2S/c17-14-9-8-12(10-15(14)18)22(20,21)19-16-7-3-5-11-4-1-2-6-13(11)16/h1-2,4,6,8-10,16,19H,3,5,7H2/t16-/m0/s1. The smallest absolute Gasteiger partial charge is 0.207 e. The molecule has 1 aliphatic rings. The molecule has 22 heavy (non-hydrogen) atoms. The van der Waals surface area contributed by atoms with E-state index in [0.717, 1.165) is 24.8 Å². The number of nitrogens with one attached hydrogen (secondary N) is 1. The van der Waals surface area contributed by atoms with Gasteiger partial charge in [0.25, 0.3) is 0 Å². The predicted molar refractivity (Wildman–Crippen MR) is 88.9 cm³/mol. The highest BCUT2D eigenvalue weighted by molar-refractivity contribution is 7.89. The molecule has 0 aliphatic heterocycles. The zero-order valence-corrected chi connectivity index (χ0v) is 14.0. The maximum absolute atomic E-state index is 12.6. The first-order valence-corrected chi connectivity index (χ1v) is 9.26. The molecule has 1 atom stereocenters. The number of hydrogen-bond acceptors (Lipinski definition) is 2. The molecule has 0 bridgehead atoms. The first-order valence-electron chi connectivity index (χ1n) is 7.02. The van der Waals surface area contributed by atoms with Crippen LogP contribution < -0.4 is 4.72 Å². The summed E-state index contributed by atoms with van der Waals surface area (Å²) in [5, 5.41) is 0.567. The fraction of sp³-hybridized carbons (Fsp3) is 0.250. The van der Waals surface area contributed by atoms with Gasteiger partial charge in [0.2, 0.25) is 10.0 Å². The predicted octanol–water partition coefficient (Wildman–Crippen LogP) is 4.35. The lowest BCUT2D eigenvalue weighted by Crippen LogP contribution is -2.31. The van der Waals surface area contributed by atoms with Crippen LogP contribution >= 0.6 is 23.2 Å². The van der Waals surface area contributed by atoms with Gasteiger partial charge in [0.15, 0.2) is 0 Å². The van der Waals surface area contributed by atoms with E-state index >= 15 is 0 Å². The number of hydrogen-bond donors (Lipinski definition) is 1. The molecule has 116 valence electrons. The molecule has 6 heteroatoms. The molecule has 0 aromatic heterocycles. The molecule has 3 rings (SSSR count). The second kappa shape index (κ2) is 6.20. The van der Waals surface area contributed by atoms with Crippen molar-refractivity contribution < 1.29 is 8.42 Å². The van der Waals surface area contributed by atoms with Gasteiger partial charge in [0, 0.05) is 6.04 Å². The number of rotatable bonds is 3. The fourth-order valence-electron chi connectivity index (χ4n) is 2.78. The Morgan fingerprint density at radius 3 is 2.59 bits per heavy atom. The van der Waals surface area contributed by atoms with Crippen LogP contribution in [-0.4, -0.2) is 8.42 Å². The molecule has 2 aromatic rings. The van der Waals surface area contributed by atoms with Crippen LogP contribution in [0.1, 0.15) is 30.0 Å². The summed E-state index contributed by atoms with van der Waals surface area (Å²) in [4.78, 5) is 0.130. The summed E-state index contributed by atoms with van der Waals surface area (Å²) in [5.41, 5.74) is 2.26. The lowest BCUT2D eigenvalue weighted by molar-refractivity contribution is 0.507. The van der Waals surface area contributed by atoms with Gasteiger partial charge in [-0.2, -0.15) is 0 Å². The van der Waals surface area contributed by atoms with Crippen LogP contribution in [0.4, 0.5) is 0 Å². The number of fused-ring (bicyclic) bond motifs is 1. The summed E-state index contributed by atoms with van der Waals surface area (Å²) >= 11 is 11.8. The summed E-state index contributed by atoms with van der Waals surface area (Å²) in [7, 11) is -3.63. The number of aryl methyl sites for hydroxylation is 1. The van der Waals surface area contributed by atoms with Gasteiger partial charge in [-0.25, -0.2) is 13.1 Å². The molecule has 0 unspecified atom stereocenters. The highest BCUT2D eigenvalue weighted by Crippen LogP contribution is 2.31. The second-order valence-corrected chi connectivity index (χ2v) is 7.87. The number of halogens is 2. The molecule has 0 amide bonds. The third kappa shape index (κ3) is 3.15. The Labute approximate surface area is 140 Å². The molecule has 0 spiro atoms.